The number of nitrogens with one attached hydrogen (secondary N) is 2. The lowest BCUT2D eigenvalue weighted by atomic mass is 10.0. The van der Waals surface area contributed by atoms with Crippen molar-refractivity contribution in [1.29, 1.82) is 0 Å². The summed E-state index contributed by atoms with van der Waals surface area (Å²) in [6, 6.07) is 22.9. The summed E-state index contributed by atoms with van der Waals surface area (Å²) in [7, 11) is -0.431. The van der Waals surface area contributed by atoms with Crippen LogP contribution in [0.2, 0.25) is 4.34 Å². The molecule has 3 amide bonds. The van der Waals surface area contributed by atoms with Gasteiger partial charge >= 0.3 is 24.0 Å². The number of fused-ring (bicyclic) bond motifs is 1. The molecule has 2 N–H and O–H groups in total. The number of ether oxygens (including phenoxy) is 5. The van der Waals surface area contributed by atoms with E-state index in [0.717, 1.165) is 4.90 Å². The van der Waals surface area contributed by atoms with E-state index in [2.05, 4.69) is 20.8 Å². The topological polar surface area (TPSA) is 227 Å². The largest absolute Gasteiger partial charge is 0.497 e. The van der Waals surface area contributed by atoms with Gasteiger partial charge in [-0.15, -0.1) is 11.6 Å². The fourth-order valence-electron chi connectivity index (χ4n) is 6.77. The van der Waals surface area contributed by atoms with Gasteiger partial charge in [-0.3, -0.25) is 28.8 Å². The molecule has 22 heteroatoms. The molecule has 2 aliphatic rings. The van der Waals surface area contributed by atoms with Gasteiger partial charge in [-0.2, -0.15) is 0 Å². The number of β-lactam (4-membered cyclic amide) rings is 1. The number of oxime groups is 1. The molecule has 4 atom stereocenters. The lowest BCUT2D eigenvalue weighted by molar-refractivity contribution is -0.169. The van der Waals surface area contributed by atoms with Gasteiger partial charge in [-0.1, -0.05) is 101 Å². The standard InChI is InChI=1S/C47H49Cl2N5O13S2/c1-46(2,3)65-32(55)22-31(42(58)63-24-26-18-20-30(62-7)21-19-26)67-53-34(33-38(49)68-44(51-33)52-45(60)66-47(4,5)6)39(56)50-35-40(57)54-36(29(23-48)25-69(61)41(35)54)43(59)64-37(27-14-10-8-11-15-27)28-16-12-9-13-17-28/h8-21,31,35,37,41H,22-25H2,1-7H3,(H,50,56)(H,51,52,60)/b53-34+/t31-,35+,41+,69+/m0/s1. The third-order valence-electron chi connectivity index (χ3n) is 9.75. The number of benzene rings is 3. The molecule has 0 bridgehead atoms. The first-order chi connectivity index (χ1) is 32.7. The summed E-state index contributed by atoms with van der Waals surface area (Å²) in [5, 5.41) is 7.45. The number of thiazole rings is 1. The summed E-state index contributed by atoms with van der Waals surface area (Å²) < 4.78 is 41.1. The van der Waals surface area contributed by atoms with Crippen molar-refractivity contribution in [3.8, 4) is 5.75 Å². The Morgan fingerprint density at radius 2 is 1.52 bits per heavy atom. The second kappa shape index (κ2) is 22.4. The van der Waals surface area contributed by atoms with Crippen LogP contribution in [0.1, 0.15) is 76.5 Å². The van der Waals surface area contributed by atoms with Gasteiger partial charge in [0.15, 0.2) is 16.9 Å². The molecule has 69 heavy (non-hydrogen) atoms. The number of carbonyl (C=O) groups is 6. The van der Waals surface area contributed by atoms with Crippen LogP contribution < -0.4 is 15.4 Å². The number of aromatic nitrogens is 1. The maximum absolute atomic E-state index is 14.5. The number of halogens is 2. The summed E-state index contributed by atoms with van der Waals surface area (Å²) >= 11 is 13.6. The van der Waals surface area contributed by atoms with Gasteiger partial charge in [0.25, 0.3) is 11.8 Å². The van der Waals surface area contributed by atoms with E-state index in [1.165, 1.54) is 7.11 Å². The van der Waals surface area contributed by atoms with Crippen molar-refractivity contribution >= 4 is 92.0 Å². The first-order valence-electron chi connectivity index (χ1n) is 21.2. The number of carbonyl (C=O) groups excluding carboxylic acids is 6. The summed E-state index contributed by atoms with van der Waals surface area (Å²) in [5.41, 5.74) is -1.23. The van der Waals surface area contributed by atoms with Gasteiger partial charge in [0.1, 0.15) is 50.7 Å². The molecule has 0 unspecified atom stereocenters. The van der Waals surface area contributed by atoms with Crippen LogP contribution in [0.5, 0.6) is 5.75 Å². The van der Waals surface area contributed by atoms with E-state index in [0.29, 0.717) is 33.8 Å². The number of nitrogens with zero attached hydrogens (tertiary/aromatic N) is 3. The lowest BCUT2D eigenvalue weighted by Gasteiger charge is -2.49. The number of rotatable bonds is 17. The van der Waals surface area contributed by atoms with E-state index in [1.807, 2.05) is 12.1 Å². The quantitative estimate of drug-likeness (QED) is 0.0272. The van der Waals surface area contributed by atoms with Gasteiger partial charge in [0, 0.05) is 5.88 Å². The molecule has 1 saturated heterocycles. The molecular formula is C47H49Cl2N5O13S2. The molecule has 1 fully saturated rings. The predicted molar refractivity (Wildman–Crippen MR) is 256 cm³/mol. The molecule has 3 aromatic carbocycles. The van der Waals surface area contributed by atoms with Crippen LogP contribution in [0, 0.1) is 0 Å². The highest BCUT2D eigenvalue weighted by molar-refractivity contribution is 7.86. The molecule has 0 aliphatic carbocycles. The fourth-order valence-corrected chi connectivity index (χ4v) is 9.82. The minimum atomic E-state index is -1.92. The highest BCUT2D eigenvalue weighted by Gasteiger charge is 2.58. The van der Waals surface area contributed by atoms with Crippen LogP contribution in [0.3, 0.4) is 0 Å². The number of methoxy groups -OCH3 is 1. The Balaban J connectivity index is 1.30. The summed E-state index contributed by atoms with van der Waals surface area (Å²) in [4.78, 5) is 93.1. The van der Waals surface area contributed by atoms with Crippen molar-refractivity contribution in [2.75, 3.05) is 24.1 Å². The monoisotopic (exact) mass is 1030 g/mol. The molecule has 366 valence electrons. The summed E-state index contributed by atoms with van der Waals surface area (Å²) in [5.74, 6) is -4.89. The molecule has 6 rings (SSSR count). The van der Waals surface area contributed by atoms with E-state index in [1.54, 1.807) is 114 Å². The van der Waals surface area contributed by atoms with Crippen molar-refractivity contribution in [1.82, 2.24) is 15.2 Å². The highest BCUT2D eigenvalue weighted by atomic mass is 35.5. The first-order valence-corrected chi connectivity index (χ1v) is 24.3. The summed E-state index contributed by atoms with van der Waals surface area (Å²) in [6.45, 7) is 9.50. The van der Waals surface area contributed by atoms with Crippen molar-refractivity contribution in [2.45, 2.75) is 89.4 Å². The van der Waals surface area contributed by atoms with Crippen molar-refractivity contribution in [2.24, 2.45) is 5.16 Å². The Morgan fingerprint density at radius 1 is 0.913 bits per heavy atom. The third-order valence-corrected chi connectivity index (χ3v) is 12.9. The van der Waals surface area contributed by atoms with E-state index in [-0.39, 0.29) is 39.0 Å². The first kappa shape index (κ1) is 52.0. The smallest absolute Gasteiger partial charge is 0.413 e. The second-order valence-electron chi connectivity index (χ2n) is 17.3. The maximum Gasteiger partial charge on any atom is 0.413 e. The van der Waals surface area contributed by atoms with Crippen molar-refractivity contribution < 1.29 is 61.5 Å². The Labute approximate surface area is 414 Å². The molecular weight excluding hydrogens is 978 g/mol. The van der Waals surface area contributed by atoms with E-state index in [9.17, 15) is 33.0 Å². The zero-order chi connectivity index (χ0) is 50.2. The van der Waals surface area contributed by atoms with Crippen molar-refractivity contribution in [3.05, 3.63) is 123 Å². The molecule has 0 spiro atoms. The predicted octanol–water partition coefficient (Wildman–Crippen LogP) is 6.96. The van der Waals surface area contributed by atoms with E-state index in [4.69, 9.17) is 51.7 Å². The average molecular weight is 1030 g/mol. The molecule has 18 nitrogen and oxygen atoms in total. The SMILES string of the molecule is COc1ccc(COC(=O)[C@H](CC(=O)OC(C)(C)C)O/N=C(/C(=O)N[C@@H]2C(=O)N3C(C(=O)OC(c4ccccc4)c4ccccc4)=C(CCl)C[S@@](=O)[C@H]23)c2nc(NC(=O)OC(C)(C)C)sc2Cl)cc1. The van der Waals surface area contributed by atoms with Crippen LogP contribution >= 0.6 is 34.5 Å². The van der Waals surface area contributed by atoms with Crippen LogP contribution in [0.25, 0.3) is 0 Å². The van der Waals surface area contributed by atoms with Gasteiger partial charge in [0.05, 0.1) is 30.1 Å². The average Bonchev–Trinajstić information content (AvgIpc) is 3.65. The molecule has 3 heterocycles. The van der Waals surface area contributed by atoms with E-state index < -0.39 is 99.3 Å². The molecule has 0 radical (unpaired) electrons. The van der Waals surface area contributed by atoms with Crippen LogP contribution in [-0.2, 0) is 65.2 Å². The number of hydrogen-bond donors (Lipinski definition) is 2. The highest BCUT2D eigenvalue weighted by Crippen LogP contribution is 2.38. The number of hydrogen-bond acceptors (Lipinski definition) is 16. The fraction of sp³-hybridized carbons (Fsp3) is 0.362. The summed E-state index contributed by atoms with van der Waals surface area (Å²) in [6.07, 6.45) is -4.38. The number of amides is 3. The Bertz CT molecular complexity index is 2610. The number of esters is 3. The number of anilines is 1. The molecule has 0 saturated carbocycles. The van der Waals surface area contributed by atoms with Crippen LogP contribution in [-0.4, -0.2) is 103 Å². The third kappa shape index (κ3) is 13.5. The molecule has 4 aromatic rings. The minimum Gasteiger partial charge on any atom is -0.497 e. The van der Waals surface area contributed by atoms with Crippen LogP contribution in [0.15, 0.2) is 101 Å². The second-order valence-corrected chi connectivity index (χ2v) is 20.7. The number of alkyl halides is 1. The minimum absolute atomic E-state index is 0.153. The Kier molecular flexibility index (Phi) is 16.9. The molecule has 2 aliphatic heterocycles. The van der Waals surface area contributed by atoms with Gasteiger partial charge in [0.2, 0.25) is 6.10 Å². The van der Waals surface area contributed by atoms with Crippen LogP contribution in [0.4, 0.5) is 9.93 Å². The van der Waals surface area contributed by atoms with Gasteiger partial charge in [-0.25, -0.2) is 19.4 Å². The Morgan fingerprint density at radius 3 is 2.09 bits per heavy atom. The Hall–Kier alpha value is -6.35. The van der Waals surface area contributed by atoms with Crippen molar-refractivity contribution in [3.63, 3.8) is 0 Å². The van der Waals surface area contributed by atoms with Gasteiger partial charge < -0.3 is 33.8 Å². The lowest BCUT2D eigenvalue weighted by Crippen LogP contribution is -2.74. The molecule has 1 aromatic heterocycles. The van der Waals surface area contributed by atoms with E-state index >= 15 is 0 Å². The van der Waals surface area contributed by atoms with Gasteiger partial charge in [-0.05, 0) is 75.9 Å². The zero-order valence-electron chi connectivity index (χ0n) is 38.4. The maximum atomic E-state index is 14.5. The zero-order valence-corrected chi connectivity index (χ0v) is 41.6. The normalized spacial score (nSPS) is 17.5.